The molecule has 0 bridgehead atoms. The van der Waals surface area contributed by atoms with Gasteiger partial charge >= 0.3 is 0 Å². The summed E-state index contributed by atoms with van der Waals surface area (Å²) in [5.41, 5.74) is 0.237. The third-order valence-corrected chi connectivity index (χ3v) is 3.21. The predicted octanol–water partition coefficient (Wildman–Crippen LogP) is 3.22. The molecule has 3 heteroatoms. The van der Waals surface area contributed by atoms with Gasteiger partial charge in [0.05, 0.1) is 11.4 Å². The summed E-state index contributed by atoms with van der Waals surface area (Å²) in [6.45, 7) is 10.0. The Kier molecular flexibility index (Phi) is 4.28. The molecule has 1 heterocycles. The normalized spacial score (nSPS) is 12.1. The summed E-state index contributed by atoms with van der Waals surface area (Å²) < 4.78 is 0. The minimum absolute atomic E-state index is 0.227. The van der Waals surface area contributed by atoms with Crippen molar-refractivity contribution in [3.05, 3.63) is 21.9 Å². The Morgan fingerprint density at radius 3 is 2.44 bits per heavy atom. The monoisotopic (exact) mass is 239 g/mol. The Morgan fingerprint density at radius 1 is 1.38 bits per heavy atom. The van der Waals surface area contributed by atoms with Crippen molar-refractivity contribution in [2.75, 3.05) is 20.1 Å². The van der Waals surface area contributed by atoms with Gasteiger partial charge in [0, 0.05) is 11.4 Å². The van der Waals surface area contributed by atoms with E-state index in [1.165, 1.54) is 4.88 Å². The van der Waals surface area contributed by atoms with E-state index in [9.17, 15) is 4.79 Å². The third kappa shape index (κ3) is 4.45. The molecule has 0 radical (unpaired) electrons. The van der Waals surface area contributed by atoms with Gasteiger partial charge in [-0.25, -0.2) is 0 Å². The maximum atomic E-state index is 11.9. The molecule has 1 aromatic heterocycles. The second kappa shape index (κ2) is 5.11. The van der Waals surface area contributed by atoms with Crippen molar-refractivity contribution < 1.29 is 4.79 Å². The summed E-state index contributed by atoms with van der Waals surface area (Å²) in [5, 5.41) is 0. The van der Waals surface area contributed by atoms with E-state index in [-0.39, 0.29) is 11.2 Å². The largest absolute Gasteiger partial charge is 0.298 e. The summed E-state index contributed by atoms with van der Waals surface area (Å²) in [7, 11) is 2.00. The zero-order valence-corrected chi connectivity index (χ0v) is 11.6. The van der Waals surface area contributed by atoms with E-state index >= 15 is 0 Å². The molecule has 0 atom stereocenters. The zero-order valence-electron chi connectivity index (χ0n) is 10.8. The molecule has 0 N–H and O–H groups in total. The van der Waals surface area contributed by atoms with Gasteiger partial charge in [-0.05, 0) is 31.5 Å². The number of nitrogens with zero attached hydrogens (tertiary/aromatic N) is 1. The number of Topliss-reactive ketones (excluding diaryl/α,β-unsaturated/α-hetero) is 1. The molecule has 0 aromatic carbocycles. The molecule has 0 saturated heterocycles. The number of carbonyl (C=O) groups excluding carboxylic acids is 1. The number of hydrogen-bond donors (Lipinski definition) is 0. The molecule has 2 nitrogen and oxygen atoms in total. The SMILES string of the molecule is Cc1ccc(C(=O)CN(C)CC(C)(C)C)s1. The summed E-state index contributed by atoms with van der Waals surface area (Å²) in [5.74, 6) is 0.227. The lowest BCUT2D eigenvalue weighted by Gasteiger charge is -2.25. The Morgan fingerprint density at radius 2 is 2.00 bits per heavy atom. The van der Waals surface area contributed by atoms with Crippen LogP contribution in [0.1, 0.15) is 35.3 Å². The summed E-state index contributed by atoms with van der Waals surface area (Å²) in [4.78, 5) is 16.1. The molecule has 0 amide bonds. The van der Waals surface area contributed by atoms with E-state index in [1.807, 2.05) is 26.1 Å². The Bertz CT molecular complexity index is 362. The smallest absolute Gasteiger partial charge is 0.186 e. The molecule has 0 unspecified atom stereocenters. The molecule has 1 rings (SSSR count). The summed E-state index contributed by atoms with van der Waals surface area (Å²) in [6.07, 6.45) is 0. The highest BCUT2D eigenvalue weighted by molar-refractivity contribution is 7.14. The van der Waals surface area contributed by atoms with E-state index in [0.717, 1.165) is 11.4 Å². The highest BCUT2D eigenvalue weighted by Gasteiger charge is 2.17. The molecule has 0 spiro atoms. The van der Waals surface area contributed by atoms with Crippen LogP contribution >= 0.6 is 11.3 Å². The van der Waals surface area contributed by atoms with Crippen LogP contribution < -0.4 is 0 Å². The summed E-state index contributed by atoms with van der Waals surface area (Å²) in [6, 6.07) is 3.93. The van der Waals surface area contributed by atoms with Gasteiger partial charge in [0.15, 0.2) is 5.78 Å². The topological polar surface area (TPSA) is 20.3 Å². The van der Waals surface area contributed by atoms with Crippen LogP contribution in [-0.2, 0) is 0 Å². The van der Waals surface area contributed by atoms with Crippen LogP contribution in [0.5, 0.6) is 0 Å². The lowest BCUT2D eigenvalue weighted by atomic mass is 9.96. The van der Waals surface area contributed by atoms with Crippen LogP contribution in [0.25, 0.3) is 0 Å². The van der Waals surface area contributed by atoms with E-state index in [2.05, 4.69) is 25.7 Å². The van der Waals surface area contributed by atoms with Gasteiger partial charge in [0.2, 0.25) is 0 Å². The number of aryl methyl sites for hydroxylation is 1. The van der Waals surface area contributed by atoms with Crippen molar-refractivity contribution in [3.63, 3.8) is 0 Å². The standard InChI is InChI=1S/C13H21NOS/c1-10-6-7-12(16-10)11(15)8-14(5)9-13(2,3)4/h6-7H,8-9H2,1-5H3. The number of thiophene rings is 1. The van der Waals surface area contributed by atoms with E-state index < -0.39 is 0 Å². The zero-order chi connectivity index (χ0) is 12.3. The average molecular weight is 239 g/mol. The van der Waals surface area contributed by atoms with Crippen molar-refractivity contribution >= 4 is 17.1 Å². The van der Waals surface area contributed by atoms with E-state index in [4.69, 9.17) is 0 Å². The fourth-order valence-corrected chi connectivity index (χ4v) is 2.57. The van der Waals surface area contributed by atoms with Crippen molar-refractivity contribution in [3.8, 4) is 0 Å². The minimum Gasteiger partial charge on any atom is -0.298 e. The Labute approximate surface area is 102 Å². The molecule has 0 aliphatic rings. The van der Waals surface area contributed by atoms with Gasteiger partial charge in [-0.2, -0.15) is 0 Å². The first-order valence-corrected chi connectivity index (χ1v) is 6.38. The lowest BCUT2D eigenvalue weighted by Crippen LogP contribution is -2.33. The number of carbonyl (C=O) groups is 1. The van der Waals surface area contributed by atoms with Crippen LogP contribution in [0.3, 0.4) is 0 Å². The molecule has 1 aromatic rings. The fraction of sp³-hybridized carbons (Fsp3) is 0.615. The maximum absolute atomic E-state index is 11.9. The van der Waals surface area contributed by atoms with Crippen molar-refractivity contribution in [2.24, 2.45) is 5.41 Å². The van der Waals surface area contributed by atoms with E-state index in [1.54, 1.807) is 11.3 Å². The van der Waals surface area contributed by atoms with Crippen LogP contribution in [0.2, 0.25) is 0 Å². The molecule has 0 aliphatic carbocycles. The van der Waals surface area contributed by atoms with Gasteiger partial charge in [-0.3, -0.25) is 9.69 Å². The molecule has 0 fully saturated rings. The maximum Gasteiger partial charge on any atom is 0.186 e. The van der Waals surface area contributed by atoms with Gasteiger partial charge in [-0.15, -0.1) is 11.3 Å². The van der Waals surface area contributed by atoms with E-state index in [0.29, 0.717) is 6.54 Å². The summed E-state index contributed by atoms with van der Waals surface area (Å²) >= 11 is 1.58. The Balaban J connectivity index is 2.52. The number of likely N-dealkylation sites (N-methyl/N-ethyl adjacent to an activating group) is 1. The first-order chi connectivity index (χ1) is 7.28. The second-order valence-electron chi connectivity index (χ2n) is 5.57. The molecule has 0 aliphatic heterocycles. The van der Waals surface area contributed by atoms with Gasteiger partial charge in [0.25, 0.3) is 0 Å². The quantitative estimate of drug-likeness (QED) is 0.752. The first-order valence-electron chi connectivity index (χ1n) is 5.56. The minimum atomic E-state index is 0.227. The van der Waals surface area contributed by atoms with Crippen molar-refractivity contribution in [2.45, 2.75) is 27.7 Å². The fourth-order valence-electron chi connectivity index (χ4n) is 1.77. The molecular weight excluding hydrogens is 218 g/mol. The molecule has 16 heavy (non-hydrogen) atoms. The highest BCUT2D eigenvalue weighted by Crippen LogP contribution is 2.17. The molecular formula is C13H21NOS. The third-order valence-electron chi connectivity index (χ3n) is 2.17. The van der Waals surface area contributed by atoms with Gasteiger partial charge < -0.3 is 0 Å². The predicted molar refractivity (Wildman–Crippen MR) is 70.3 cm³/mol. The second-order valence-corrected chi connectivity index (χ2v) is 6.85. The van der Waals surface area contributed by atoms with Crippen molar-refractivity contribution in [1.29, 1.82) is 0 Å². The first kappa shape index (κ1) is 13.4. The Hall–Kier alpha value is -0.670. The number of hydrogen-bond acceptors (Lipinski definition) is 3. The van der Waals surface area contributed by atoms with Crippen LogP contribution in [0.4, 0.5) is 0 Å². The van der Waals surface area contributed by atoms with Crippen LogP contribution in [-0.4, -0.2) is 30.8 Å². The van der Waals surface area contributed by atoms with Gasteiger partial charge in [-0.1, -0.05) is 20.8 Å². The average Bonchev–Trinajstić information content (AvgIpc) is 2.47. The van der Waals surface area contributed by atoms with Gasteiger partial charge in [0.1, 0.15) is 0 Å². The van der Waals surface area contributed by atoms with Crippen LogP contribution in [0.15, 0.2) is 12.1 Å². The van der Waals surface area contributed by atoms with Crippen LogP contribution in [0, 0.1) is 12.3 Å². The number of ketones is 1. The number of rotatable bonds is 4. The lowest BCUT2D eigenvalue weighted by molar-refractivity contribution is 0.0931. The molecule has 90 valence electrons. The highest BCUT2D eigenvalue weighted by atomic mass is 32.1. The molecule has 0 saturated carbocycles. The van der Waals surface area contributed by atoms with Crippen molar-refractivity contribution in [1.82, 2.24) is 4.90 Å².